The quantitative estimate of drug-likeness (QED) is 0.810. The van der Waals surface area contributed by atoms with Crippen molar-refractivity contribution in [3.8, 4) is 6.07 Å². The van der Waals surface area contributed by atoms with Gasteiger partial charge in [0, 0.05) is 42.9 Å². The van der Waals surface area contributed by atoms with Crippen LogP contribution < -0.4 is 0 Å². The fraction of sp³-hybridized carbons (Fsp3) is 0.250. The van der Waals surface area contributed by atoms with Crippen LogP contribution in [-0.2, 0) is 13.1 Å². The van der Waals surface area contributed by atoms with Crippen molar-refractivity contribution in [1.82, 2.24) is 9.88 Å². The average Bonchev–Trinajstić information content (AvgIpc) is 2.48. The van der Waals surface area contributed by atoms with E-state index < -0.39 is 0 Å². The highest BCUT2D eigenvalue weighted by atomic mass is 79.9. The summed E-state index contributed by atoms with van der Waals surface area (Å²) >= 11 is 3.44. The lowest BCUT2D eigenvalue weighted by Gasteiger charge is -2.21. The number of benzene rings is 1. The predicted octanol–water partition coefficient (Wildman–Crippen LogP) is 3.76. The van der Waals surface area contributed by atoms with E-state index in [2.05, 4.69) is 50.1 Å². The highest BCUT2D eigenvalue weighted by Gasteiger charge is 2.07. The smallest absolute Gasteiger partial charge is 0.0635 e. The molecular weight excluding hydrogens is 314 g/mol. The van der Waals surface area contributed by atoms with Crippen molar-refractivity contribution in [2.45, 2.75) is 19.5 Å². The number of hydrogen-bond acceptors (Lipinski definition) is 3. The minimum atomic E-state index is 0.538. The fourth-order valence-electron chi connectivity index (χ4n) is 2.02. The molecule has 0 radical (unpaired) electrons. The van der Waals surface area contributed by atoms with Crippen molar-refractivity contribution in [2.24, 2.45) is 0 Å². The zero-order chi connectivity index (χ0) is 14.2. The Kier molecular flexibility index (Phi) is 5.72. The second kappa shape index (κ2) is 7.78. The van der Waals surface area contributed by atoms with Gasteiger partial charge in [-0.05, 0) is 29.3 Å². The summed E-state index contributed by atoms with van der Waals surface area (Å²) in [6, 6.07) is 14.5. The van der Waals surface area contributed by atoms with Crippen LogP contribution in [0.4, 0.5) is 0 Å². The first-order valence-corrected chi connectivity index (χ1v) is 7.30. The molecule has 0 unspecified atom stereocenters. The van der Waals surface area contributed by atoms with Crippen LogP contribution in [-0.4, -0.2) is 16.4 Å². The molecule has 0 aliphatic carbocycles. The summed E-state index contributed by atoms with van der Waals surface area (Å²) in [5.41, 5.74) is 2.41. The van der Waals surface area contributed by atoms with E-state index in [1.807, 2.05) is 24.4 Å². The minimum absolute atomic E-state index is 0.538. The summed E-state index contributed by atoms with van der Waals surface area (Å²) in [6.07, 6.45) is 4.19. The van der Waals surface area contributed by atoms with Gasteiger partial charge in [-0.15, -0.1) is 0 Å². The molecule has 20 heavy (non-hydrogen) atoms. The van der Waals surface area contributed by atoms with Crippen molar-refractivity contribution in [1.29, 1.82) is 5.26 Å². The van der Waals surface area contributed by atoms with Gasteiger partial charge in [0.15, 0.2) is 0 Å². The maximum Gasteiger partial charge on any atom is 0.0635 e. The molecule has 1 aromatic heterocycles. The highest BCUT2D eigenvalue weighted by Crippen LogP contribution is 2.14. The van der Waals surface area contributed by atoms with Gasteiger partial charge in [-0.25, -0.2) is 0 Å². The first kappa shape index (κ1) is 14.7. The van der Waals surface area contributed by atoms with Crippen LogP contribution in [0.3, 0.4) is 0 Å². The number of pyridine rings is 1. The van der Waals surface area contributed by atoms with Crippen LogP contribution >= 0.6 is 15.9 Å². The Morgan fingerprint density at radius 3 is 2.50 bits per heavy atom. The molecule has 0 aliphatic heterocycles. The molecule has 2 rings (SSSR count). The maximum atomic E-state index is 8.79. The molecule has 0 saturated heterocycles. The Bertz CT molecular complexity index is 561. The van der Waals surface area contributed by atoms with Crippen LogP contribution in [0.15, 0.2) is 53.3 Å². The molecule has 0 N–H and O–H groups in total. The van der Waals surface area contributed by atoms with E-state index in [0.29, 0.717) is 6.42 Å². The number of halogens is 1. The van der Waals surface area contributed by atoms with Crippen LogP contribution in [0.25, 0.3) is 0 Å². The Labute approximate surface area is 128 Å². The maximum absolute atomic E-state index is 8.79. The molecule has 3 nitrogen and oxygen atoms in total. The molecule has 1 aromatic carbocycles. The molecule has 4 heteroatoms. The van der Waals surface area contributed by atoms with Crippen molar-refractivity contribution in [3.63, 3.8) is 0 Å². The molecule has 0 bridgehead atoms. The number of aromatic nitrogens is 1. The molecular formula is C16H16BrN3. The monoisotopic (exact) mass is 329 g/mol. The number of nitriles is 1. The van der Waals surface area contributed by atoms with Crippen molar-refractivity contribution < 1.29 is 0 Å². The van der Waals surface area contributed by atoms with E-state index in [4.69, 9.17) is 5.26 Å². The van der Waals surface area contributed by atoms with Gasteiger partial charge in [-0.3, -0.25) is 9.88 Å². The standard InChI is InChI=1S/C16H16BrN3/c17-16-6-4-14(5-7-16)12-20(10-2-8-18)13-15-3-1-9-19-11-15/h1,3-7,9,11H,2,10,12-13H2. The second-order valence-electron chi connectivity index (χ2n) is 4.61. The first-order valence-electron chi connectivity index (χ1n) is 6.50. The van der Waals surface area contributed by atoms with Crippen molar-refractivity contribution >= 4 is 15.9 Å². The molecule has 0 saturated carbocycles. The summed E-state index contributed by atoms with van der Waals surface area (Å²) in [5, 5.41) is 8.79. The van der Waals surface area contributed by atoms with E-state index in [0.717, 1.165) is 24.1 Å². The Balaban J connectivity index is 2.03. The Morgan fingerprint density at radius 1 is 1.10 bits per heavy atom. The number of nitrogens with zero attached hydrogens (tertiary/aromatic N) is 3. The molecule has 0 amide bonds. The third-order valence-corrected chi connectivity index (χ3v) is 3.52. The van der Waals surface area contributed by atoms with Gasteiger partial charge in [-0.1, -0.05) is 34.1 Å². The van der Waals surface area contributed by atoms with Gasteiger partial charge in [0.2, 0.25) is 0 Å². The normalized spacial score (nSPS) is 10.4. The molecule has 0 fully saturated rings. The van der Waals surface area contributed by atoms with Gasteiger partial charge in [0.1, 0.15) is 0 Å². The fourth-order valence-corrected chi connectivity index (χ4v) is 2.28. The van der Waals surface area contributed by atoms with E-state index in [-0.39, 0.29) is 0 Å². The molecule has 0 atom stereocenters. The molecule has 2 aromatic rings. The Hall–Kier alpha value is -1.70. The lowest BCUT2D eigenvalue weighted by molar-refractivity contribution is 0.262. The topological polar surface area (TPSA) is 39.9 Å². The SMILES string of the molecule is N#CCCN(Cc1ccc(Br)cc1)Cc1cccnc1. The summed E-state index contributed by atoms with van der Waals surface area (Å²) < 4.78 is 1.08. The summed E-state index contributed by atoms with van der Waals surface area (Å²) in [5.74, 6) is 0. The lowest BCUT2D eigenvalue weighted by atomic mass is 10.2. The van der Waals surface area contributed by atoms with Gasteiger partial charge in [0.25, 0.3) is 0 Å². The van der Waals surface area contributed by atoms with Gasteiger partial charge in [-0.2, -0.15) is 5.26 Å². The third kappa shape index (κ3) is 4.76. The molecule has 102 valence electrons. The van der Waals surface area contributed by atoms with Crippen molar-refractivity contribution in [2.75, 3.05) is 6.54 Å². The van der Waals surface area contributed by atoms with Gasteiger partial charge < -0.3 is 0 Å². The zero-order valence-electron chi connectivity index (χ0n) is 11.2. The summed E-state index contributed by atoms with van der Waals surface area (Å²) in [6.45, 7) is 2.41. The number of hydrogen-bond donors (Lipinski definition) is 0. The van der Waals surface area contributed by atoms with E-state index in [1.165, 1.54) is 11.1 Å². The van der Waals surface area contributed by atoms with Crippen LogP contribution in [0.2, 0.25) is 0 Å². The largest absolute Gasteiger partial charge is 0.294 e. The van der Waals surface area contributed by atoms with Crippen LogP contribution in [0.1, 0.15) is 17.5 Å². The van der Waals surface area contributed by atoms with Crippen molar-refractivity contribution in [3.05, 3.63) is 64.4 Å². The second-order valence-corrected chi connectivity index (χ2v) is 5.52. The molecule has 1 heterocycles. The van der Waals surface area contributed by atoms with E-state index in [9.17, 15) is 0 Å². The number of rotatable bonds is 6. The van der Waals surface area contributed by atoms with E-state index >= 15 is 0 Å². The van der Waals surface area contributed by atoms with Crippen LogP contribution in [0, 0.1) is 11.3 Å². The molecule has 0 aliphatic rings. The first-order chi connectivity index (χ1) is 9.78. The highest BCUT2D eigenvalue weighted by molar-refractivity contribution is 9.10. The van der Waals surface area contributed by atoms with Gasteiger partial charge in [0.05, 0.1) is 6.07 Å². The summed E-state index contributed by atoms with van der Waals surface area (Å²) in [7, 11) is 0. The summed E-state index contributed by atoms with van der Waals surface area (Å²) in [4.78, 5) is 6.41. The predicted molar refractivity (Wildman–Crippen MR) is 82.7 cm³/mol. The van der Waals surface area contributed by atoms with Gasteiger partial charge >= 0.3 is 0 Å². The van der Waals surface area contributed by atoms with E-state index in [1.54, 1.807) is 6.20 Å². The Morgan fingerprint density at radius 2 is 1.85 bits per heavy atom. The average molecular weight is 330 g/mol. The van der Waals surface area contributed by atoms with Crippen LogP contribution in [0.5, 0.6) is 0 Å². The minimum Gasteiger partial charge on any atom is -0.294 e. The molecule has 0 spiro atoms. The lowest BCUT2D eigenvalue weighted by Crippen LogP contribution is -2.23. The zero-order valence-corrected chi connectivity index (χ0v) is 12.8. The third-order valence-electron chi connectivity index (χ3n) is 2.99.